The summed E-state index contributed by atoms with van der Waals surface area (Å²) in [6.45, 7) is 9.02. The van der Waals surface area contributed by atoms with Crippen molar-refractivity contribution in [2.45, 2.75) is 78.7 Å². The van der Waals surface area contributed by atoms with Gasteiger partial charge < -0.3 is 9.84 Å². The predicted molar refractivity (Wildman–Crippen MR) is 77.3 cm³/mol. The van der Waals surface area contributed by atoms with Gasteiger partial charge in [0.2, 0.25) is 0 Å². The molecule has 3 heteroatoms. The summed E-state index contributed by atoms with van der Waals surface area (Å²) in [5.41, 5.74) is -0.111. The van der Waals surface area contributed by atoms with Crippen LogP contribution in [0.3, 0.4) is 0 Å². The first-order valence-corrected chi connectivity index (χ1v) is 7.58. The average Bonchev–Trinajstić information content (AvgIpc) is 2.30. The molecule has 0 saturated heterocycles. The van der Waals surface area contributed by atoms with E-state index in [2.05, 4.69) is 13.8 Å². The molecule has 1 fully saturated rings. The Morgan fingerprint density at radius 3 is 2.37 bits per heavy atom. The summed E-state index contributed by atoms with van der Waals surface area (Å²) < 4.78 is 5.90. The fourth-order valence-corrected chi connectivity index (χ4v) is 2.57. The van der Waals surface area contributed by atoms with Crippen molar-refractivity contribution in [2.24, 2.45) is 10.8 Å². The first-order valence-electron chi connectivity index (χ1n) is 7.58. The van der Waals surface area contributed by atoms with Crippen molar-refractivity contribution in [3.8, 4) is 0 Å². The zero-order chi connectivity index (χ0) is 14.5. The van der Waals surface area contributed by atoms with Gasteiger partial charge >= 0.3 is 5.97 Å². The van der Waals surface area contributed by atoms with Crippen LogP contribution >= 0.6 is 0 Å². The summed E-state index contributed by atoms with van der Waals surface area (Å²) in [6.07, 6.45) is 7.91. The van der Waals surface area contributed by atoms with E-state index in [0.717, 1.165) is 25.9 Å². The Morgan fingerprint density at radius 1 is 1.26 bits per heavy atom. The van der Waals surface area contributed by atoms with Crippen LogP contribution in [0.15, 0.2) is 0 Å². The predicted octanol–water partition coefficient (Wildman–Crippen LogP) is 4.25. The van der Waals surface area contributed by atoms with Crippen LogP contribution in [0.25, 0.3) is 0 Å². The molecule has 1 aliphatic carbocycles. The topological polar surface area (TPSA) is 46.5 Å². The second kappa shape index (κ2) is 6.74. The van der Waals surface area contributed by atoms with E-state index in [0.29, 0.717) is 11.5 Å². The fourth-order valence-electron chi connectivity index (χ4n) is 2.57. The molecule has 0 aromatic rings. The minimum atomic E-state index is -0.706. The maximum atomic E-state index is 11.0. The Bertz CT molecular complexity index is 284. The molecule has 0 amide bonds. The van der Waals surface area contributed by atoms with Gasteiger partial charge in [-0.15, -0.1) is 0 Å². The highest BCUT2D eigenvalue weighted by atomic mass is 16.5. The third-order valence-electron chi connectivity index (χ3n) is 4.41. The summed E-state index contributed by atoms with van der Waals surface area (Å²) in [4.78, 5) is 11.0. The van der Waals surface area contributed by atoms with Gasteiger partial charge in [-0.25, -0.2) is 0 Å². The summed E-state index contributed by atoms with van der Waals surface area (Å²) in [5, 5.41) is 9.02. The Labute approximate surface area is 117 Å². The molecule has 1 N–H and O–H groups in total. The van der Waals surface area contributed by atoms with Gasteiger partial charge in [-0.05, 0) is 57.8 Å². The zero-order valence-corrected chi connectivity index (χ0v) is 13.0. The van der Waals surface area contributed by atoms with Crippen molar-refractivity contribution < 1.29 is 14.6 Å². The van der Waals surface area contributed by atoms with Gasteiger partial charge in [0.25, 0.3) is 0 Å². The van der Waals surface area contributed by atoms with Gasteiger partial charge in [0.1, 0.15) is 0 Å². The molecular weight excluding hydrogens is 240 g/mol. The Kier molecular flexibility index (Phi) is 5.84. The van der Waals surface area contributed by atoms with E-state index in [4.69, 9.17) is 9.84 Å². The van der Waals surface area contributed by atoms with Gasteiger partial charge in [0, 0.05) is 6.61 Å². The molecule has 0 bridgehead atoms. The minimum Gasteiger partial charge on any atom is -0.481 e. The number of hydrogen-bond acceptors (Lipinski definition) is 2. The van der Waals surface area contributed by atoms with Crippen molar-refractivity contribution in [2.75, 3.05) is 6.61 Å². The monoisotopic (exact) mass is 270 g/mol. The second-order valence-electron chi connectivity index (χ2n) is 7.38. The molecule has 0 atom stereocenters. The molecule has 0 aliphatic heterocycles. The summed E-state index contributed by atoms with van der Waals surface area (Å²) in [6, 6.07) is 0. The lowest BCUT2D eigenvalue weighted by Crippen LogP contribution is -2.27. The number of carboxylic acid groups (broad SMARTS) is 1. The number of unbranched alkanes of at least 4 members (excludes halogenated alkanes) is 1. The molecule has 0 spiro atoms. The third kappa shape index (κ3) is 5.94. The maximum Gasteiger partial charge on any atom is 0.309 e. The molecule has 0 heterocycles. The van der Waals surface area contributed by atoms with Crippen molar-refractivity contribution in [3.63, 3.8) is 0 Å². The molecule has 19 heavy (non-hydrogen) atoms. The van der Waals surface area contributed by atoms with Gasteiger partial charge in [0.05, 0.1) is 11.5 Å². The molecule has 0 unspecified atom stereocenters. The highest BCUT2D eigenvalue weighted by Gasteiger charge is 2.28. The van der Waals surface area contributed by atoms with Crippen molar-refractivity contribution in [1.82, 2.24) is 0 Å². The first-order chi connectivity index (χ1) is 8.73. The summed E-state index contributed by atoms with van der Waals surface area (Å²) in [5.74, 6) is -0.706. The van der Waals surface area contributed by atoms with Crippen LogP contribution in [-0.2, 0) is 9.53 Å². The van der Waals surface area contributed by atoms with Crippen LogP contribution in [0.5, 0.6) is 0 Å². The standard InChI is InChI=1S/C16H30O3/c1-15(2)10-7-13(8-11-15)19-12-6-5-9-16(3,4)14(17)18/h13H,5-12H2,1-4H3,(H,17,18). The van der Waals surface area contributed by atoms with E-state index in [1.807, 2.05) is 0 Å². The summed E-state index contributed by atoms with van der Waals surface area (Å²) >= 11 is 0. The van der Waals surface area contributed by atoms with E-state index >= 15 is 0 Å². The average molecular weight is 270 g/mol. The molecule has 1 saturated carbocycles. The maximum absolute atomic E-state index is 11.0. The molecule has 3 nitrogen and oxygen atoms in total. The van der Waals surface area contributed by atoms with E-state index in [1.165, 1.54) is 25.7 Å². The van der Waals surface area contributed by atoms with E-state index in [1.54, 1.807) is 13.8 Å². The largest absolute Gasteiger partial charge is 0.481 e. The SMILES string of the molecule is CC1(C)CCC(OCCCCC(C)(C)C(=O)O)CC1. The van der Waals surface area contributed by atoms with Crippen LogP contribution in [-0.4, -0.2) is 23.8 Å². The molecule has 0 aromatic heterocycles. The fraction of sp³-hybridized carbons (Fsp3) is 0.938. The first kappa shape index (κ1) is 16.5. The van der Waals surface area contributed by atoms with E-state index < -0.39 is 11.4 Å². The van der Waals surface area contributed by atoms with Crippen LogP contribution < -0.4 is 0 Å². The van der Waals surface area contributed by atoms with Gasteiger partial charge in [-0.2, -0.15) is 0 Å². The lowest BCUT2D eigenvalue weighted by Gasteiger charge is -2.34. The minimum absolute atomic E-state index is 0.431. The smallest absolute Gasteiger partial charge is 0.309 e. The number of ether oxygens (including phenoxy) is 1. The number of hydrogen-bond donors (Lipinski definition) is 1. The van der Waals surface area contributed by atoms with Gasteiger partial charge in [-0.3, -0.25) is 4.79 Å². The lowest BCUT2D eigenvalue weighted by molar-refractivity contribution is -0.147. The molecular formula is C16H30O3. The Balaban J connectivity index is 2.08. The lowest BCUT2D eigenvalue weighted by atomic mass is 9.76. The molecule has 0 radical (unpaired) electrons. The van der Waals surface area contributed by atoms with Gasteiger partial charge in [-0.1, -0.05) is 20.3 Å². The third-order valence-corrected chi connectivity index (χ3v) is 4.41. The molecule has 112 valence electrons. The second-order valence-corrected chi connectivity index (χ2v) is 7.38. The number of aliphatic carboxylic acids is 1. The number of carboxylic acids is 1. The molecule has 0 aromatic carbocycles. The quantitative estimate of drug-likeness (QED) is 0.703. The normalized spacial score (nSPS) is 20.4. The van der Waals surface area contributed by atoms with Gasteiger partial charge in [0.15, 0.2) is 0 Å². The molecule has 1 aliphatic rings. The van der Waals surface area contributed by atoms with E-state index in [9.17, 15) is 4.79 Å². The van der Waals surface area contributed by atoms with Crippen LogP contribution in [0, 0.1) is 10.8 Å². The van der Waals surface area contributed by atoms with E-state index in [-0.39, 0.29) is 0 Å². The van der Waals surface area contributed by atoms with Crippen LogP contribution in [0.2, 0.25) is 0 Å². The Morgan fingerprint density at radius 2 is 1.84 bits per heavy atom. The highest BCUT2D eigenvalue weighted by Crippen LogP contribution is 2.36. The highest BCUT2D eigenvalue weighted by molar-refractivity contribution is 5.73. The summed E-state index contributed by atoms with van der Waals surface area (Å²) in [7, 11) is 0. The Hall–Kier alpha value is -0.570. The zero-order valence-electron chi connectivity index (χ0n) is 13.0. The van der Waals surface area contributed by atoms with Crippen LogP contribution in [0.1, 0.15) is 72.6 Å². The number of rotatable bonds is 7. The van der Waals surface area contributed by atoms with Crippen molar-refractivity contribution >= 4 is 5.97 Å². The molecule has 1 rings (SSSR count). The number of carbonyl (C=O) groups is 1. The van der Waals surface area contributed by atoms with Crippen LogP contribution in [0.4, 0.5) is 0 Å². The van der Waals surface area contributed by atoms with Crippen molar-refractivity contribution in [1.29, 1.82) is 0 Å². The van der Waals surface area contributed by atoms with Crippen molar-refractivity contribution in [3.05, 3.63) is 0 Å².